The summed E-state index contributed by atoms with van der Waals surface area (Å²) in [6, 6.07) is 0. The zero-order chi connectivity index (χ0) is 10.6. The maximum atomic E-state index is 12.6. The first kappa shape index (κ1) is 13.3. The summed E-state index contributed by atoms with van der Waals surface area (Å²) in [4.78, 5) is 12.7. The van der Waals surface area contributed by atoms with Crippen LogP contribution in [0.4, 0.5) is 4.39 Å². The molecular formula is C11H20FNO. The number of alkyl halides is 1. The zero-order valence-electron chi connectivity index (χ0n) is 8.97. The van der Waals surface area contributed by atoms with Crippen LogP contribution in [-0.4, -0.2) is 12.4 Å². The molecule has 0 radical (unpaired) electrons. The molecule has 0 aliphatic rings. The van der Waals surface area contributed by atoms with Crippen molar-refractivity contribution in [3.05, 3.63) is 0 Å². The normalized spacial score (nSPS) is 12.1. The molecule has 0 spiro atoms. The summed E-state index contributed by atoms with van der Waals surface area (Å²) in [6.07, 6.45) is 8.35. The number of carbonyl (C=O) groups excluding carboxylic acids is 1. The summed E-state index contributed by atoms with van der Waals surface area (Å²) in [7, 11) is 0. The van der Waals surface area contributed by atoms with E-state index in [0.717, 1.165) is 19.3 Å². The fourth-order valence-electron chi connectivity index (χ4n) is 1.39. The molecule has 3 heteroatoms. The second-order valence-electron chi connectivity index (χ2n) is 3.56. The van der Waals surface area contributed by atoms with Gasteiger partial charge in [0.25, 0.3) is 0 Å². The third-order valence-corrected chi connectivity index (χ3v) is 2.24. The lowest BCUT2D eigenvalue weighted by atomic mass is 10.1. The van der Waals surface area contributed by atoms with Gasteiger partial charge in [0.2, 0.25) is 12.4 Å². The van der Waals surface area contributed by atoms with E-state index in [9.17, 15) is 9.18 Å². The van der Waals surface area contributed by atoms with Crippen molar-refractivity contribution in [3.8, 4) is 0 Å². The van der Waals surface area contributed by atoms with Crippen LogP contribution in [0.5, 0.6) is 0 Å². The number of aliphatic imine (C=N–C) groups is 1. The molecule has 0 N–H and O–H groups in total. The Morgan fingerprint density at radius 1 is 1.14 bits per heavy atom. The predicted molar refractivity (Wildman–Crippen MR) is 55.6 cm³/mol. The highest BCUT2D eigenvalue weighted by Crippen LogP contribution is 2.11. The molecular weight excluding hydrogens is 181 g/mol. The molecule has 1 unspecified atom stereocenters. The maximum absolute atomic E-state index is 12.6. The van der Waals surface area contributed by atoms with E-state index in [4.69, 9.17) is 0 Å². The molecule has 0 fully saturated rings. The summed E-state index contributed by atoms with van der Waals surface area (Å²) >= 11 is 0. The second kappa shape index (κ2) is 10.4. The van der Waals surface area contributed by atoms with Crippen LogP contribution in [0.1, 0.15) is 58.3 Å². The molecule has 0 rings (SSSR count). The fourth-order valence-corrected chi connectivity index (χ4v) is 1.39. The molecule has 0 aliphatic carbocycles. The third-order valence-electron chi connectivity index (χ3n) is 2.24. The molecule has 0 aromatic rings. The standard InChI is InChI=1S/C11H20FNO/c1-2-3-4-5-6-7-8-9-11(12)13-10-14/h11H,2-9H2,1H3. The fraction of sp³-hybridized carbons (Fsp3) is 0.909. The quantitative estimate of drug-likeness (QED) is 0.242. The third kappa shape index (κ3) is 9.40. The topological polar surface area (TPSA) is 29.4 Å². The van der Waals surface area contributed by atoms with Crippen molar-refractivity contribution in [1.82, 2.24) is 0 Å². The summed E-state index contributed by atoms with van der Waals surface area (Å²) in [5, 5.41) is 0. The van der Waals surface area contributed by atoms with E-state index in [1.807, 2.05) is 0 Å². The van der Waals surface area contributed by atoms with E-state index in [2.05, 4.69) is 11.9 Å². The zero-order valence-corrected chi connectivity index (χ0v) is 8.97. The molecule has 0 aliphatic heterocycles. The van der Waals surface area contributed by atoms with E-state index in [1.165, 1.54) is 31.8 Å². The Hall–Kier alpha value is -0.690. The Labute approximate surface area is 85.6 Å². The highest BCUT2D eigenvalue weighted by atomic mass is 19.1. The molecule has 2 nitrogen and oxygen atoms in total. The van der Waals surface area contributed by atoms with E-state index >= 15 is 0 Å². The lowest BCUT2D eigenvalue weighted by Crippen LogP contribution is -1.94. The minimum Gasteiger partial charge on any atom is -0.221 e. The Balaban J connectivity index is 3.09. The van der Waals surface area contributed by atoms with Gasteiger partial charge in [-0.05, 0) is 12.8 Å². The molecule has 0 saturated carbocycles. The van der Waals surface area contributed by atoms with Gasteiger partial charge in [0.1, 0.15) is 0 Å². The average molecular weight is 201 g/mol. The van der Waals surface area contributed by atoms with Crippen molar-refractivity contribution in [2.75, 3.05) is 0 Å². The number of rotatable bonds is 9. The Morgan fingerprint density at radius 3 is 2.29 bits per heavy atom. The van der Waals surface area contributed by atoms with Gasteiger partial charge >= 0.3 is 0 Å². The molecule has 82 valence electrons. The van der Waals surface area contributed by atoms with Crippen LogP contribution in [0, 0.1) is 0 Å². The van der Waals surface area contributed by atoms with Crippen molar-refractivity contribution >= 4 is 6.08 Å². The summed E-state index contributed by atoms with van der Waals surface area (Å²) < 4.78 is 12.6. The summed E-state index contributed by atoms with van der Waals surface area (Å²) in [5.74, 6) is 0. The number of isocyanates is 1. The van der Waals surface area contributed by atoms with Gasteiger partial charge in [-0.15, -0.1) is 0 Å². The number of unbranched alkanes of at least 4 members (excludes halogenated alkanes) is 6. The van der Waals surface area contributed by atoms with Crippen molar-refractivity contribution in [2.24, 2.45) is 4.99 Å². The minimum atomic E-state index is -1.33. The van der Waals surface area contributed by atoms with Gasteiger partial charge in [0, 0.05) is 0 Å². The van der Waals surface area contributed by atoms with E-state index in [-0.39, 0.29) is 0 Å². The van der Waals surface area contributed by atoms with Gasteiger partial charge in [-0.1, -0.05) is 45.4 Å². The molecule has 0 bridgehead atoms. The van der Waals surface area contributed by atoms with Gasteiger partial charge in [-0.2, -0.15) is 4.99 Å². The Kier molecular flexibility index (Phi) is 9.88. The van der Waals surface area contributed by atoms with Crippen molar-refractivity contribution < 1.29 is 9.18 Å². The summed E-state index contributed by atoms with van der Waals surface area (Å²) in [5.41, 5.74) is 0. The molecule has 0 heterocycles. The Bertz CT molecular complexity index is 167. The predicted octanol–water partition coefficient (Wildman–Crippen LogP) is 3.76. The van der Waals surface area contributed by atoms with Crippen LogP contribution < -0.4 is 0 Å². The van der Waals surface area contributed by atoms with Crippen molar-refractivity contribution in [2.45, 2.75) is 64.6 Å². The maximum Gasteiger partial charge on any atom is 0.237 e. The number of hydrogen-bond acceptors (Lipinski definition) is 2. The van der Waals surface area contributed by atoms with Gasteiger partial charge in [0.05, 0.1) is 0 Å². The Morgan fingerprint density at radius 2 is 1.71 bits per heavy atom. The van der Waals surface area contributed by atoms with Crippen molar-refractivity contribution in [3.63, 3.8) is 0 Å². The van der Waals surface area contributed by atoms with Crippen LogP contribution in [0.15, 0.2) is 4.99 Å². The van der Waals surface area contributed by atoms with Gasteiger partial charge in [-0.3, -0.25) is 0 Å². The molecule has 0 amide bonds. The molecule has 0 aromatic carbocycles. The molecule has 0 aromatic heterocycles. The smallest absolute Gasteiger partial charge is 0.221 e. The largest absolute Gasteiger partial charge is 0.237 e. The monoisotopic (exact) mass is 201 g/mol. The van der Waals surface area contributed by atoms with E-state index in [0.29, 0.717) is 6.42 Å². The van der Waals surface area contributed by atoms with Gasteiger partial charge < -0.3 is 0 Å². The lowest BCUT2D eigenvalue weighted by molar-refractivity contribution is 0.315. The molecule has 1 atom stereocenters. The van der Waals surface area contributed by atoms with Gasteiger partial charge in [0.15, 0.2) is 0 Å². The highest BCUT2D eigenvalue weighted by molar-refractivity contribution is 5.33. The van der Waals surface area contributed by atoms with E-state index in [1.54, 1.807) is 0 Å². The highest BCUT2D eigenvalue weighted by Gasteiger charge is 2.01. The summed E-state index contributed by atoms with van der Waals surface area (Å²) in [6.45, 7) is 2.19. The van der Waals surface area contributed by atoms with Gasteiger partial charge in [-0.25, -0.2) is 9.18 Å². The van der Waals surface area contributed by atoms with Crippen LogP contribution >= 0.6 is 0 Å². The van der Waals surface area contributed by atoms with Crippen LogP contribution in [-0.2, 0) is 4.79 Å². The molecule has 0 saturated heterocycles. The minimum absolute atomic E-state index is 0.364. The number of hydrogen-bond donors (Lipinski definition) is 0. The van der Waals surface area contributed by atoms with Crippen LogP contribution in [0.25, 0.3) is 0 Å². The first-order valence-electron chi connectivity index (χ1n) is 5.52. The first-order chi connectivity index (χ1) is 6.81. The lowest BCUT2D eigenvalue weighted by Gasteiger charge is -2.01. The van der Waals surface area contributed by atoms with Crippen LogP contribution in [0.2, 0.25) is 0 Å². The number of nitrogens with zero attached hydrogens (tertiary/aromatic N) is 1. The average Bonchev–Trinajstić information content (AvgIpc) is 2.17. The van der Waals surface area contributed by atoms with Crippen LogP contribution in [0.3, 0.4) is 0 Å². The first-order valence-corrected chi connectivity index (χ1v) is 5.52. The van der Waals surface area contributed by atoms with Crippen molar-refractivity contribution in [1.29, 1.82) is 0 Å². The van der Waals surface area contributed by atoms with E-state index < -0.39 is 6.30 Å². The molecule has 14 heavy (non-hydrogen) atoms. The second-order valence-corrected chi connectivity index (χ2v) is 3.56. The SMILES string of the molecule is CCCCCCCCCC(F)N=C=O. The number of halogens is 1.